The van der Waals surface area contributed by atoms with E-state index in [0.29, 0.717) is 42.3 Å². The van der Waals surface area contributed by atoms with Gasteiger partial charge in [0.05, 0.1) is 11.1 Å². The molecule has 0 aliphatic rings. The predicted molar refractivity (Wildman–Crippen MR) is 147 cm³/mol. The number of nitrogens with zero attached hydrogens (tertiary/aromatic N) is 1. The number of benzene rings is 3. The van der Waals surface area contributed by atoms with E-state index in [1.54, 1.807) is 36.4 Å². The van der Waals surface area contributed by atoms with E-state index in [-0.39, 0.29) is 31.0 Å². The molecular formula is C30H34ClFN2O4. The Balaban J connectivity index is 1.83. The number of halogens is 2. The van der Waals surface area contributed by atoms with Gasteiger partial charge in [-0.25, -0.2) is 4.39 Å². The van der Waals surface area contributed by atoms with Gasteiger partial charge in [0, 0.05) is 26.1 Å². The van der Waals surface area contributed by atoms with Crippen LogP contribution in [-0.4, -0.2) is 48.6 Å². The lowest BCUT2D eigenvalue weighted by Gasteiger charge is -2.31. The maximum absolute atomic E-state index is 13.6. The molecule has 202 valence electrons. The molecule has 0 aliphatic carbocycles. The first-order valence-electron chi connectivity index (χ1n) is 12.7. The van der Waals surface area contributed by atoms with Crippen LogP contribution in [0, 0.1) is 5.82 Å². The Morgan fingerprint density at radius 2 is 1.63 bits per heavy atom. The summed E-state index contributed by atoms with van der Waals surface area (Å²) < 4.78 is 24.9. The van der Waals surface area contributed by atoms with Gasteiger partial charge in [-0.3, -0.25) is 9.59 Å². The lowest BCUT2D eigenvalue weighted by atomic mass is 10.0. The van der Waals surface area contributed by atoms with Gasteiger partial charge in [-0.15, -0.1) is 0 Å². The van der Waals surface area contributed by atoms with Crippen molar-refractivity contribution >= 4 is 23.4 Å². The van der Waals surface area contributed by atoms with Gasteiger partial charge in [-0.05, 0) is 55.7 Å². The maximum atomic E-state index is 13.6. The van der Waals surface area contributed by atoms with Gasteiger partial charge in [0.2, 0.25) is 5.91 Å². The SMILES string of the molecule is CC(C)OCCCNC(=O)C(Cc1ccccc1)N(Cc1ccc(F)cc1)C(=O)COc1ccccc1Cl. The van der Waals surface area contributed by atoms with Crippen molar-refractivity contribution in [3.63, 3.8) is 0 Å². The largest absolute Gasteiger partial charge is 0.482 e. The highest BCUT2D eigenvalue weighted by Gasteiger charge is 2.30. The molecule has 3 aromatic carbocycles. The fraction of sp³-hybridized carbons (Fsp3) is 0.333. The van der Waals surface area contributed by atoms with Crippen molar-refractivity contribution in [2.75, 3.05) is 19.8 Å². The number of hydrogen-bond acceptors (Lipinski definition) is 4. The smallest absolute Gasteiger partial charge is 0.261 e. The number of carbonyl (C=O) groups is 2. The van der Waals surface area contributed by atoms with Crippen molar-refractivity contribution in [1.82, 2.24) is 10.2 Å². The number of ether oxygens (including phenoxy) is 2. The third kappa shape index (κ3) is 9.47. The van der Waals surface area contributed by atoms with Gasteiger partial charge in [-0.2, -0.15) is 0 Å². The molecule has 2 amide bonds. The summed E-state index contributed by atoms with van der Waals surface area (Å²) in [5, 5.41) is 3.34. The molecule has 6 nitrogen and oxygen atoms in total. The average molecular weight is 541 g/mol. The number of hydrogen-bond donors (Lipinski definition) is 1. The van der Waals surface area contributed by atoms with Gasteiger partial charge in [0.25, 0.3) is 5.91 Å². The second kappa shape index (κ2) is 15.1. The van der Waals surface area contributed by atoms with Crippen LogP contribution in [-0.2, 0) is 27.3 Å². The predicted octanol–water partition coefficient (Wildman–Crippen LogP) is 5.43. The van der Waals surface area contributed by atoms with Crippen molar-refractivity contribution in [3.8, 4) is 5.75 Å². The van der Waals surface area contributed by atoms with E-state index in [9.17, 15) is 14.0 Å². The van der Waals surface area contributed by atoms with E-state index in [1.165, 1.54) is 17.0 Å². The minimum Gasteiger partial charge on any atom is -0.482 e. The van der Waals surface area contributed by atoms with E-state index in [0.717, 1.165) is 5.56 Å². The Morgan fingerprint density at radius 3 is 2.32 bits per heavy atom. The summed E-state index contributed by atoms with van der Waals surface area (Å²) in [6.07, 6.45) is 1.05. The van der Waals surface area contributed by atoms with Crippen LogP contribution in [0.25, 0.3) is 0 Å². The summed E-state index contributed by atoms with van der Waals surface area (Å²) in [6.45, 7) is 4.63. The van der Waals surface area contributed by atoms with E-state index >= 15 is 0 Å². The van der Waals surface area contributed by atoms with Crippen LogP contribution in [0.4, 0.5) is 4.39 Å². The number of carbonyl (C=O) groups excluding carboxylic acids is 2. The zero-order valence-corrected chi connectivity index (χ0v) is 22.5. The van der Waals surface area contributed by atoms with Crippen molar-refractivity contribution in [1.29, 1.82) is 0 Å². The van der Waals surface area contributed by atoms with Crippen LogP contribution in [0.3, 0.4) is 0 Å². The Morgan fingerprint density at radius 1 is 0.947 bits per heavy atom. The first-order chi connectivity index (χ1) is 18.3. The molecule has 0 radical (unpaired) electrons. The Hall–Kier alpha value is -3.42. The molecular weight excluding hydrogens is 507 g/mol. The summed E-state index contributed by atoms with van der Waals surface area (Å²) in [6, 6.07) is 21.4. The molecule has 0 heterocycles. The Labute approximate surface area is 228 Å². The molecule has 0 spiro atoms. The molecule has 1 N–H and O–H groups in total. The summed E-state index contributed by atoms with van der Waals surface area (Å²) in [7, 11) is 0. The standard InChI is InChI=1S/C30H34ClFN2O4/c1-22(2)37-18-8-17-33-30(36)27(19-23-9-4-3-5-10-23)34(20-24-13-15-25(32)16-14-24)29(35)21-38-28-12-7-6-11-26(28)31/h3-7,9-16,22,27H,8,17-21H2,1-2H3,(H,33,36). The van der Waals surface area contributed by atoms with Gasteiger partial charge in [-0.1, -0.05) is 66.2 Å². The molecule has 1 atom stereocenters. The highest BCUT2D eigenvalue weighted by atomic mass is 35.5. The highest BCUT2D eigenvalue weighted by molar-refractivity contribution is 6.32. The topological polar surface area (TPSA) is 67.9 Å². The first-order valence-corrected chi connectivity index (χ1v) is 13.1. The van der Waals surface area contributed by atoms with E-state index in [1.807, 2.05) is 44.2 Å². The molecule has 0 fully saturated rings. The molecule has 8 heteroatoms. The Bertz CT molecular complexity index is 1160. The molecule has 38 heavy (non-hydrogen) atoms. The van der Waals surface area contributed by atoms with E-state index in [2.05, 4.69) is 5.32 Å². The minimum atomic E-state index is -0.823. The van der Waals surface area contributed by atoms with Crippen LogP contribution in [0.2, 0.25) is 5.02 Å². The normalized spacial score (nSPS) is 11.7. The lowest BCUT2D eigenvalue weighted by molar-refractivity contribution is -0.142. The molecule has 1 unspecified atom stereocenters. The minimum absolute atomic E-state index is 0.104. The maximum Gasteiger partial charge on any atom is 0.261 e. The number of amides is 2. The second-order valence-electron chi connectivity index (χ2n) is 9.14. The van der Waals surface area contributed by atoms with E-state index < -0.39 is 11.9 Å². The number of para-hydroxylation sites is 1. The van der Waals surface area contributed by atoms with Crippen molar-refractivity contribution < 1.29 is 23.5 Å². The van der Waals surface area contributed by atoms with Gasteiger partial charge < -0.3 is 19.7 Å². The third-order valence-electron chi connectivity index (χ3n) is 5.80. The molecule has 0 aromatic heterocycles. The van der Waals surface area contributed by atoms with Crippen LogP contribution < -0.4 is 10.1 Å². The van der Waals surface area contributed by atoms with Crippen LogP contribution in [0.5, 0.6) is 5.75 Å². The third-order valence-corrected chi connectivity index (χ3v) is 6.11. The monoisotopic (exact) mass is 540 g/mol. The average Bonchev–Trinajstić information content (AvgIpc) is 2.91. The van der Waals surface area contributed by atoms with Crippen molar-refractivity contribution in [2.24, 2.45) is 0 Å². The van der Waals surface area contributed by atoms with Gasteiger partial charge in [0.15, 0.2) is 6.61 Å². The molecule has 0 aliphatic heterocycles. The molecule has 0 saturated heterocycles. The fourth-order valence-electron chi connectivity index (χ4n) is 3.85. The summed E-state index contributed by atoms with van der Waals surface area (Å²) >= 11 is 6.19. The number of rotatable bonds is 14. The van der Waals surface area contributed by atoms with Crippen molar-refractivity contribution in [2.45, 2.75) is 45.4 Å². The zero-order chi connectivity index (χ0) is 27.3. The van der Waals surface area contributed by atoms with E-state index in [4.69, 9.17) is 21.1 Å². The van der Waals surface area contributed by atoms with Crippen LogP contribution >= 0.6 is 11.6 Å². The molecule has 0 bridgehead atoms. The highest BCUT2D eigenvalue weighted by Crippen LogP contribution is 2.23. The lowest BCUT2D eigenvalue weighted by Crippen LogP contribution is -2.52. The summed E-state index contributed by atoms with van der Waals surface area (Å²) in [4.78, 5) is 28.5. The second-order valence-corrected chi connectivity index (χ2v) is 9.54. The fourth-order valence-corrected chi connectivity index (χ4v) is 4.04. The van der Waals surface area contributed by atoms with Gasteiger partial charge in [0.1, 0.15) is 17.6 Å². The zero-order valence-electron chi connectivity index (χ0n) is 21.7. The van der Waals surface area contributed by atoms with Crippen molar-refractivity contribution in [3.05, 3.63) is 101 Å². The molecule has 3 rings (SSSR count). The summed E-state index contributed by atoms with van der Waals surface area (Å²) in [5.74, 6) is -0.686. The van der Waals surface area contributed by atoms with Crippen LogP contribution in [0.15, 0.2) is 78.9 Å². The van der Waals surface area contributed by atoms with Gasteiger partial charge >= 0.3 is 0 Å². The molecule has 0 saturated carbocycles. The van der Waals surface area contributed by atoms with Crippen LogP contribution in [0.1, 0.15) is 31.4 Å². The summed E-state index contributed by atoms with van der Waals surface area (Å²) in [5.41, 5.74) is 1.59. The number of nitrogens with one attached hydrogen (secondary N) is 1. The Kier molecular flexibility index (Phi) is 11.6. The quantitative estimate of drug-likeness (QED) is 0.277. The first kappa shape index (κ1) is 29.1. The molecule has 3 aromatic rings.